The SMILES string of the molecule is N/C(Cc1nc2ccccc2n1CCCC(F)(F)F)=N/O. The lowest BCUT2D eigenvalue weighted by atomic mass is 10.2. The van der Waals surface area contributed by atoms with E-state index in [-0.39, 0.29) is 25.2 Å². The van der Waals surface area contributed by atoms with Crippen molar-refractivity contribution in [3.8, 4) is 0 Å². The molecule has 5 nitrogen and oxygen atoms in total. The molecule has 0 fully saturated rings. The molecule has 0 aliphatic carbocycles. The average molecular weight is 300 g/mol. The van der Waals surface area contributed by atoms with Gasteiger partial charge in [-0.3, -0.25) is 0 Å². The van der Waals surface area contributed by atoms with Crippen molar-refractivity contribution in [1.29, 1.82) is 0 Å². The quantitative estimate of drug-likeness (QED) is 0.386. The summed E-state index contributed by atoms with van der Waals surface area (Å²) in [5.74, 6) is 0.441. The minimum Gasteiger partial charge on any atom is -0.409 e. The van der Waals surface area contributed by atoms with Crippen molar-refractivity contribution >= 4 is 16.9 Å². The largest absolute Gasteiger partial charge is 0.409 e. The molecule has 0 aliphatic heterocycles. The van der Waals surface area contributed by atoms with E-state index in [9.17, 15) is 13.2 Å². The predicted octanol–water partition coefficient (Wildman–Crippen LogP) is 2.67. The molecule has 0 saturated carbocycles. The fraction of sp³-hybridized carbons (Fsp3) is 0.385. The summed E-state index contributed by atoms with van der Waals surface area (Å²) in [5, 5.41) is 11.5. The Bertz CT molecular complexity index is 648. The van der Waals surface area contributed by atoms with Crippen LogP contribution in [0.25, 0.3) is 11.0 Å². The van der Waals surface area contributed by atoms with Crippen molar-refractivity contribution in [3.05, 3.63) is 30.1 Å². The Morgan fingerprint density at radius 2 is 2.05 bits per heavy atom. The molecular weight excluding hydrogens is 285 g/mol. The Balaban J connectivity index is 2.27. The van der Waals surface area contributed by atoms with Crippen molar-refractivity contribution < 1.29 is 18.4 Å². The maximum atomic E-state index is 12.3. The van der Waals surface area contributed by atoms with Gasteiger partial charge >= 0.3 is 6.18 Å². The molecule has 3 N–H and O–H groups in total. The van der Waals surface area contributed by atoms with Gasteiger partial charge in [-0.25, -0.2) is 4.98 Å². The van der Waals surface area contributed by atoms with Crippen LogP contribution in [0, 0.1) is 0 Å². The van der Waals surface area contributed by atoms with Gasteiger partial charge in [0.25, 0.3) is 0 Å². The molecule has 1 aromatic carbocycles. The third-order valence-corrected chi connectivity index (χ3v) is 3.04. The van der Waals surface area contributed by atoms with Crippen molar-refractivity contribution in [2.75, 3.05) is 0 Å². The fourth-order valence-corrected chi connectivity index (χ4v) is 2.14. The van der Waals surface area contributed by atoms with Crippen molar-refractivity contribution in [2.24, 2.45) is 10.9 Å². The van der Waals surface area contributed by atoms with E-state index < -0.39 is 12.6 Å². The monoisotopic (exact) mass is 300 g/mol. The van der Waals surface area contributed by atoms with Crippen LogP contribution in [0.3, 0.4) is 0 Å². The number of nitrogens with zero attached hydrogens (tertiary/aromatic N) is 3. The molecule has 0 saturated heterocycles. The Morgan fingerprint density at radius 3 is 2.71 bits per heavy atom. The third-order valence-electron chi connectivity index (χ3n) is 3.04. The molecule has 1 heterocycles. The summed E-state index contributed by atoms with van der Waals surface area (Å²) in [4.78, 5) is 4.33. The molecule has 1 aromatic heterocycles. The zero-order valence-electron chi connectivity index (χ0n) is 11.1. The van der Waals surface area contributed by atoms with Gasteiger partial charge in [0.2, 0.25) is 0 Å². The molecule has 0 unspecified atom stereocenters. The van der Waals surface area contributed by atoms with Crippen molar-refractivity contribution in [2.45, 2.75) is 32.0 Å². The second kappa shape index (κ2) is 6.02. The Hall–Kier alpha value is -2.25. The first-order chi connectivity index (χ1) is 9.90. The number of aromatic nitrogens is 2. The number of oxime groups is 1. The summed E-state index contributed by atoms with van der Waals surface area (Å²) in [5.41, 5.74) is 6.87. The van der Waals surface area contributed by atoms with Crippen LogP contribution in [0.5, 0.6) is 0 Å². The van der Waals surface area contributed by atoms with Gasteiger partial charge in [0.05, 0.1) is 17.5 Å². The topological polar surface area (TPSA) is 76.4 Å². The van der Waals surface area contributed by atoms with Crippen LogP contribution in [0.15, 0.2) is 29.4 Å². The fourth-order valence-electron chi connectivity index (χ4n) is 2.14. The lowest BCUT2D eigenvalue weighted by molar-refractivity contribution is -0.135. The smallest absolute Gasteiger partial charge is 0.389 e. The highest BCUT2D eigenvalue weighted by molar-refractivity contribution is 5.83. The Kier molecular flexibility index (Phi) is 4.35. The molecule has 0 bridgehead atoms. The molecule has 0 amide bonds. The molecule has 0 atom stereocenters. The molecule has 0 radical (unpaired) electrons. The summed E-state index contributed by atoms with van der Waals surface area (Å²) in [7, 11) is 0. The molecule has 2 aromatic rings. The first-order valence-corrected chi connectivity index (χ1v) is 6.38. The van der Waals surface area contributed by atoms with Gasteiger partial charge in [-0.15, -0.1) is 0 Å². The number of amidine groups is 1. The normalized spacial score (nSPS) is 13.0. The highest BCUT2D eigenvalue weighted by Gasteiger charge is 2.26. The predicted molar refractivity (Wildman–Crippen MR) is 72.1 cm³/mol. The Labute approximate surface area is 118 Å². The summed E-state index contributed by atoms with van der Waals surface area (Å²) >= 11 is 0. The van der Waals surface area contributed by atoms with Gasteiger partial charge in [0, 0.05) is 13.0 Å². The number of hydrogen-bond acceptors (Lipinski definition) is 3. The molecule has 8 heteroatoms. The second-order valence-electron chi connectivity index (χ2n) is 4.66. The minimum absolute atomic E-state index is 0.0395. The first-order valence-electron chi connectivity index (χ1n) is 6.38. The van der Waals surface area contributed by atoms with Gasteiger partial charge in [-0.05, 0) is 18.6 Å². The average Bonchev–Trinajstić information content (AvgIpc) is 2.75. The molecule has 114 valence electrons. The van der Waals surface area contributed by atoms with E-state index in [0.717, 1.165) is 5.52 Å². The van der Waals surface area contributed by atoms with Crippen LogP contribution in [0.2, 0.25) is 0 Å². The lowest BCUT2D eigenvalue weighted by Gasteiger charge is -2.10. The van der Waals surface area contributed by atoms with E-state index in [4.69, 9.17) is 10.9 Å². The van der Waals surface area contributed by atoms with Crippen molar-refractivity contribution in [3.63, 3.8) is 0 Å². The second-order valence-corrected chi connectivity index (χ2v) is 4.66. The maximum Gasteiger partial charge on any atom is 0.389 e. The van der Waals surface area contributed by atoms with E-state index in [0.29, 0.717) is 11.3 Å². The summed E-state index contributed by atoms with van der Waals surface area (Å²) < 4.78 is 38.5. The van der Waals surface area contributed by atoms with E-state index in [1.54, 1.807) is 28.8 Å². The number of imidazole rings is 1. The molecule has 0 spiro atoms. The van der Waals surface area contributed by atoms with Crippen LogP contribution in [0.4, 0.5) is 13.2 Å². The summed E-state index contributed by atoms with van der Waals surface area (Å²) in [6.07, 6.45) is -5.01. The number of aryl methyl sites for hydroxylation is 1. The van der Waals surface area contributed by atoms with Gasteiger partial charge in [-0.2, -0.15) is 13.2 Å². The van der Waals surface area contributed by atoms with Crippen LogP contribution >= 0.6 is 0 Å². The standard InChI is InChI=1S/C13H15F3N4O/c14-13(15,16)6-3-7-20-10-5-2-1-4-9(10)18-12(20)8-11(17)19-21/h1-2,4-5,21H,3,6-8H2,(H2,17,19). The van der Waals surface area contributed by atoms with Crippen LogP contribution in [-0.4, -0.2) is 26.8 Å². The highest BCUT2D eigenvalue weighted by atomic mass is 19.4. The highest BCUT2D eigenvalue weighted by Crippen LogP contribution is 2.23. The number of benzene rings is 1. The van der Waals surface area contributed by atoms with E-state index in [2.05, 4.69) is 10.1 Å². The summed E-state index contributed by atoms with van der Waals surface area (Å²) in [6, 6.07) is 7.14. The van der Waals surface area contributed by atoms with Crippen LogP contribution in [-0.2, 0) is 13.0 Å². The van der Waals surface area contributed by atoms with Gasteiger partial charge in [0.1, 0.15) is 11.7 Å². The number of halogens is 3. The van der Waals surface area contributed by atoms with Gasteiger partial charge < -0.3 is 15.5 Å². The van der Waals surface area contributed by atoms with E-state index in [1.807, 2.05) is 0 Å². The first kappa shape index (κ1) is 15.1. The molecule has 21 heavy (non-hydrogen) atoms. The lowest BCUT2D eigenvalue weighted by Crippen LogP contribution is -2.18. The number of para-hydroxylation sites is 2. The Morgan fingerprint density at radius 1 is 1.33 bits per heavy atom. The number of alkyl halides is 3. The van der Waals surface area contributed by atoms with Crippen LogP contribution in [0.1, 0.15) is 18.7 Å². The zero-order valence-corrected chi connectivity index (χ0v) is 11.1. The number of rotatable bonds is 5. The molecule has 0 aliphatic rings. The number of fused-ring (bicyclic) bond motifs is 1. The maximum absolute atomic E-state index is 12.3. The molecular formula is C13H15F3N4O. The number of hydrogen-bond donors (Lipinski definition) is 2. The minimum atomic E-state index is -4.18. The van der Waals surface area contributed by atoms with Crippen LogP contribution < -0.4 is 5.73 Å². The molecule has 2 rings (SSSR count). The summed E-state index contributed by atoms with van der Waals surface area (Å²) in [6.45, 7) is 0.175. The number of nitrogens with two attached hydrogens (primary N) is 1. The van der Waals surface area contributed by atoms with Gasteiger partial charge in [-0.1, -0.05) is 17.3 Å². The van der Waals surface area contributed by atoms with Crippen molar-refractivity contribution in [1.82, 2.24) is 9.55 Å². The van der Waals surface area contributed by atoms with Gasteiger partial charge in [0.15, 0.2) is 0 Å². The van der Waals surface area contributed by atoms with E-state index >= 15 is 0 Å². The zero-order chi connectivity index (χ0) is 15.5. The third kappa shape index (κ3) is 3.87. The van der Waals surface area contributed by atoms with E-state index in [1.165, 1.54) is 0 Å².